The molecule has 0 aliphatic carbocycles. The summed E-state index contributed by atoms with van der Waals surface area (Å²) in [5.41, 5.74) is 11.8. The first kappa shape index (κ1) is 10.4. The summed E-state index contributed by atoms with van der Waals surface area (Å²) in [6.45, 7) is 0. The summed E-state index contributed by atoms with van der Waals surface area (Å²) in [5.74, 6) is 0. The number of hydrogen-bond acceptors (Lipinski definition) is 2. The second-order valence-corrected chi connectivity index (χ2v) is 5.57. The molecule has 2 rings (SSSR count). The van der Waals surface area contributed by atoms with Crippen molar-refractivity contribution in [3.63, 3.8) is 0 Å². The van der Waals surface area contributed by atoms with Crippen molar-refractivity contribution in [1.82, 2.24) is 0 Å². The van der Waals surface area contributed by atoms with E-state index < -0.39 is 0 Å². The van der Waals surface area contributed by atoms with E-state index in [0.29, 0.717) is 0 Å². The first-order valence-corrected chi connectivity index (χ1v) is 6.83. The fraction of sp³-hybridized carbons (Fsp3) is 0. The molecule has 2 aromatic rings. The van der Waals surface area contributed by atoms with Gasteiger partial charge in [-0.15, -0.1) is 0 Å². The number of anilines is 2. The molecule has 0 bridgehead atoms. The van der Waals surface area contributed by atoms with E-state index in [1.165, 1.54) is 12.1 Å². The molecule has 0 atom stereocenters. The van der Waals surface area contributed by atoms with Crippen molar-refractivity contribution in [2.45, 2.75) is 0 Å². The van der Waals surface area contributed by atoms with E-state index in [2.05, 4.69) is 47.8 Å². The minimum atomic E-state index is 0.0532. The highest BCUT2D eigenvalue weighted by molar-refractivity contribution is 9.11. The lowest BCUT2D eigenvalue weighted by Crippen LogP contribution is -1.87. The van der Waals surface area contributed by atoms with Crippen molar-refractivity contribution in [3.05, 3.63) is 55.8 Å². The summed E-state index contributed by atoms with van der Waals surface area (Å²) in [5, 5.41) is 0. The molecular weight excluding hydrogens is 412 g/mol. The zero-order valence-electron chi connectivity index (χ0n) is 11.6. The van der Waals surface area contributed by atoms with E-state index in [0.717, 1.165) is 19.1 Å². The van der Waals surface area contributed by atoms with Gasteiger partial charge in [0.2, 0.25) is 0 Å². The van der Waals surface area contributed by atoms with Gasteiger partial charge in [-0.3, -0.25) is 0 Å². The molecule has 0 unspecified atom stereocenters. The van der Waals surface area contributed by atoms with Gasteiger partial charge in [-0.25, -0.2) is 0 Å². The Hall–Kier alpha value is -0.520. The van der Waals surface area contributed by atoms with Crippen LogP contribution in [0.25, 0.3) is 0 Å². The van der Waals surface area contributed by atoms with Crippen LogP contribution in [-0.2, 0) is 0 Å². The van der Waals surface area contributed by atoms with Crippen LogP contribution in [0.3, 0.4) is 0 Å². The summed E-state index contributed by atoms with van der Waals surface area (Å²) < 4.78 is 24.1. The van der Waals surface area contributed by atoms with E-state index >= 15 is 0 Å². The Morgan fingerprint density at radius 1 is 0.941 bits per heavy atom. The van der Waals surface area contributed by atoms with Crippen LogP contribution < -0.4 is 11.5 Å². The summed E-state index contributed by atoms with van der Waals surface area (Å²) in [4.78, 5) is 0. The molecule has 0 aliphatic heterocycles. The minimum absolute atomic E-state index is 0.0532. The quantitative estimate of drug-likeness (QED) is 0.594. The van der Waals surface area contributed by atoms with Gasteiger partial charge >= 0.3 is 0 Å². The van der Waals surface area contributed by atoms with E-state index in [1.54, 1.807) is 0 Å². The first-order chi connectivity index (χ1) is 9.22. The van der Waals surface area contributed by atoms with Gasteiger partial charge in [0, 0.05) is 19.1 Å². The van der Waals surface area contributed by atoms with Gasteiger partial charge in [0.1, 0.15) is 0 Å². The van der Waals surface area contributed by atoms with E-state index in [9.17, 15) is 0 Å². The molecule has 4 N–H and O–H groups in total. The van der Waals surface area contributed by atoms with Crippen molar-refractivity contribution >= 4 is 59.2 Å². The molecule has 0 heterocycles. The first-order valence-electron chi connectivity index (χ1n) is 5.95. The predicted molar refractivity (Wildman–Crippen MR) is 84.8 cm³/mol. The molecule has 0 saturated heterocycles. The molecule has 0 aromatic heterocycles. The fourth-order valence-corrected chi connectivity index (χ4v) is 3.13. The lowest BCUT2D eigenvalue weighted by molar-refractivity contribution is 1.55. The number of nitrogen functional groups attached to an aromatic ring is 2. The molecule has 0 fully saturated rings. The van der Waals surface area contributed by atoms with Crippen LogP contribution in [0.2, 0.25) is 0 Å². The Morgan fingerprint density at radius 3 is 1.88 bits per heavy atom. The Kier molecular flexibility index (Phi) is 4.31. The maximum atomic E-state index is 7.14. The molecule has 0 aliphatic rings. The van der Waals surface area contributed by atoms with Crippen molar-refractivity contribution in [2.75, 3.05) is 11.5 Å². The number of nitrogens with two attached hydrogens (primary N) is 2. The third kappa shape index (κ3) is 5.10. The lowest BCUT2D eigenvalue weighted by atomic mass is 10.3. The largest absolute Gasteiger partial charge is 0.399 e. The van der Waals surface area contributed by atoms with Gasteiger partial charge < -0.3 is 11.5 Å². The predicted octanol–water partition coefficient (Wildman–Crippen LogP) is 4.83. The topological polar surface area (TPSA) is 52.0 Å². The maximum absolute atomic E-state index is 7.14. The van der Waals surface area contributed by atoms with Crippen LogP contribution >= 0.6 is 47.8 Å². The van der Waals surface area contributed by atoms with E-state index in [-0.39, 0.29) is 23.8 Å². The summed E-state index contributed by atoms with van der Waals surface area (Å²) in [6.07, 6.45) is 0. The maximum Gasteiger partial charge on any atom is 0.0644 e. The standard InChI is InChI=1S/C6H4Br3N.C6H7N/c7-3-1-4(8)6(10)5(9)2-3;7-6-4-2-1-3-5-6/h1-2H,10H2;1-5H,7H2/i;1D,4D,5D. The molecule has 2 aromatic carbocycles. The smallest absolute Gasteiger partial charge is 0.0644 e. The number of benzene rings is 2. The van der Waals surface area contributed by atoms with Crippen LogP contribution in [-0.4, -0.2) is 0 Å². The summed E-state index contributed by atoms with van der Waals surface area (Å²) in [7, 11) is 0. The highest BCUT2D eigenvalue weighted by Crippen LogP contribution is 2.31. The van der Waals surface area contributed by atoms with Crippen molar-refractivity contribution in [1.29, 1.82) is 0 Å². The summed E-state index contributed by atoms with van der Waals surface area (Å²) >= 11 is 9.96. The third-order valence-corrected chi connectivity index (χ3v) is 3.44. The van der Waals surface area contributed by atoms with Crippen molar-refractivity contribution in [3.8, 4) is 0 Å². The minimum Gasteiger partial charge on any atom is -0.399 e. The van der Waals surface area contributed by atoms with Crippen LogP contribution in [0, 0.1) is 0 Å². The normalized spacial score (nSPS) is 11.8. The molecule has 90 valence electrons. The van der Waals surface area contributed by atoms with Gasteiger partial charge in [-0.2, -0.15) is 0 Å². The van der Waals surface area contributed by atoms with Gasteiger partial charge in [0.25, 0.3) is 0 Å². The molecule has 5 heteroatoms. The third-order valence-electron chi connectivity index (χ3n) is 1.67. The molecule has 0 radical (unpaired) electrons. The van der Waals surface area contributed by atoms with Crippen molar-refractivity contribution in [2.24, 2.45) is 0 Å². The number of rotatable bonds is 0. The number of hydrogen-bond donors (Lipinski definition) is 2. The molecule has 17 heavy (non-hydrogen) atoms. The number of halogens is 3. The zero-order chi connectivity index (χ0) is 15.4. The van der Waals surface area contributed by atoms with Crippen molar-refractivity contribution < 1.29 is 4.11 Å². The van der Waals surface area contributed by atoms with Gasteiger partial charge in [-0.05, 0) is 56.1 Å². The molecule has 0 saturated carbocycles. The van der Waals surface area contributed by atoms with Crippen LogP contribution in [0.4, 0.5) is 11.4 Å². The summed E-state index contributed by atoms with van der Waals surface area (Å²) in [6, 6.07) is 6.69. The molecule has 0 spiro atoms. The second-order valence-electron chi connectivity index (χ2n) is 2.94. The lowest BCUT2D eigenvalue weighted by Gasteiger charge is -2.00. The average molecular weight is 426 g/mol. The Morgan fingerprint density at radius 2 is 1.41 bits per heavy atom. The average Bonchev–Trinajstić information content (AvgIpc) is 2.33. The fourth-order valence-electron chi connectivity index (χ4n) is 0.876. The van der Waals surface area contributed by atoms with E-state index in [4.69, 9.17) is 15.6 Å². The van der Waals surface area contributed by atoms with E-state index in [1.807, 2.05) is 12.1 Å². The Bertz CT molecular complexity index is 534. The zero-order valence-corrected chi connectivity index (χ0v) is 13.4. The van der Waals surface area contributed by atoms with Crippen LogP contribution in [0.5, 0.6) is 0 Å². The van der Waals surface area contributed by atoms with Gasteiger partial charge in [0.15, 0.2) is 0 Å². The highest BCUT2D eigenvalue weighted by atomic mass is 79.9. The molecule has 2 nitrogen and oxygen atoms in total. The van der Waals surface area contributed by atoms with Gasteiger partial charge in [0.05, 0.1) is 9.80 Å². The monoisotopic (exact) mass is 423 g/mol. The highest BCUT2D eigenvalue weighted by Gasteiger charge is 2.00. The Balaban J connectivity index is 0.000000200. The SMILES string of the molecule is Nc1c(Br)cc(Br)cc1Br.[2H]c1cc([2H])c(N)c([2H])c1. The second kappa shape index (κ2) is 7.03. The number of para-hydroxylation sites is 1. The van der Waals surface area contributed by atoms with Crippen LogP contribution in [0.15, 0.2) is 55.8 Å². The van der Waals surface area contributed by atoms with Gasteiger partial charge in [-0.1, -0.05) is 34.1 Å². The van der Waals surface area contributed by atoms with Crippen LogP contribution in [0.1, 0.15) is 4.11 Å². The molecule has 0 amide bonds. The molecular formula is C12H11Br3N2. The Labute approximate surface area is 130 Å².